The standard InChI is InChI=1S/C31H35N3O4S/c1-33-29(24-36-23-25-10-3-2-4-11-25)22-34(32-33)21-28-14-7-8-15-31(28)39(35)38-19-9-18-37-30-17-16-26-12-5-6-13-27(26)20-30/h2-8,10-17,20,29,32H,9,18-19,21-24H2,1H3. The zero-order valence-corrected chi connectivity index (χ0v) is 23.0. The first kappa shape index (κ1) is 27.5. The smallest absolute Gasteiger partial charge is 0.189 e. The SMILES string of the molecule is CN1NN(Cc2ccccc2S(=O)OCCCOc2ccc3ccccc3c2)CC1COCc1ccccc1. The van der Waals surface area contributed by atoms with E-state index in [1.54, 1.807) is 0 Å². The number of benzene rings is 4. The lowest BCUT2D eigenvalue weighted by Crippen LogP contribution is -2.39. The number of nitrogens with one attached hydrogen (secondary N) is 1. The Balaban J connectivity index is 1.06. The van der Waals surface area contributed by atoms with Crippen molar-refractivity contribution in [3.8, 4) is 5.75 Å². The zero-order valence-electron chi connectivity index (χ0n) is 22.2. The Hall–Kier alpha value is -3.11. The van der Waals surface area contributed by atoms with Crippen LogP contribution in [0.25, 0.3) is 10.8 Å². The first-order valence-corrected chi connectivity index (χ1v) is 14.3. The summed E-state index contributed by atoms with van der Waals surface area (Å²) < 4.78 is 30.5. The van der Waals surface area contributed by atoms with Crippen LogP contribution in [0.2, 0.25) is 0 Å². The van der Waals surface area contributed by atoms with Gasteiger partial charge in [0.25, 0.3) is 0 Å². The topological polar surface area (TPSA) is 63.3 Å². The molecular formula is C31H35N3O4S. The highest BCUT2D eigenvalue weighted by Crippen LogP contribution is 2.21. The molecule has 0 aromatic heterocycles. The lowest BCUT2D eigenvalue weighted by molar-refractivity contribution is 0.0602. The van der Waals surface area contributed by atoms with Crippen molar-refractivity contribution in [1.29, 1.82) is 0 Å². The van der Waals surface area contributed by atoms with Crippen LogP contribution in [-0.4, -0.2) is 53.7 Å². The molecule has 0 amide bonds. The van der Waals surface area contributed by atoms with Crippen LogP contribution in [0.1, 0.15) is 17.5 Å². The molecule has 1 saturated heterocycles. The minimum Gasteiger partial charge on any atom is -0.493 e. The molecule has 39 heavy (non-hydrogen) atoms. The number of rotatable bonds is 13. The first-order chi connectivity index (χ1) is 19.2. The summed E-state index contributed by atoms with van der Waals surface area (Å²) in [4.78, 5) is 0.696. The summed E-state index contributed by atoms with van der Waals surface area (Å²) in [5.74, 6) is 0.826. The van der Waals surface area contributed by atoms with Crippen molar-refractivity contribution in [2.24, 2.45) is 0 Å². The van der Waals surface area contributed by atoms with Gasteiger partial charge in [0.05, 0.1) is 37.4 Å². The van der Waals surface area contributed by atoms with Gasteiger partial charge in [-0.25, -0.2) is 14.2 Å². The highest BCUT2D eigenvalue weighted by Gasteiger charge is 2.28. The number of hydrogen-bond donors (Lipinski definition) is 1. The third-order valence-electron chi connectivity index (χ3n) is 6.68. The van der Waals surface area contributed by atoms with Gasteiger partial charge in [-0.3, -0.25) is 4.18 Å². The molecule has 0 radical (unpaired) electrons. The minimum absolute atomic E-state index is 0.213. The van der Waals surface area contributed by atoms with Crippen molar-refractivity contribution in [2.45, 2.75) is 30.5 Å². The van der Waals surface area contributed by atoms with E-state index in [1.807, 2.05) is 73.8 Å². The van der Waals surface area contributed by atoms with Crippen molar-refractivity contribution < 1.29 is 17.9 Å². The van der Waals surface area contributed by atoms with Gasteiger partial charge in [0, 0.05) is 26.6 Å². The molecular weight excluding hydrogens is 510 g/mol. The second kappa shape index (κ2) is 13.8. The number of nitrogens with zero attached hydrogens (tertiary/aromatic N) is 2. The lowest BCUT2D eigenvalue weighted by atomic mass is 10.1. The van der Waals surface area contributed by atoms with Crippen molar-refractivity contribution in [2.75, 3.05) is 33.4 Å². The molecule has 1 fully saturated rings. The van der Waals surface area contributed by atoms with Crippen LogP contribution in [0.4, 0.5) is 0 Å². The quantitative estimate of drug-likeness (QED) is 0.235. The second-order valence-corrected chi connectivity index (χ2v) is 10.8. The van der Waals surface area contributed by atoms with E-state index in [9.17, 15) is 4.21 Å². The summed E-state index contributed by atoms with van der Waals surface area (Å²) in [6.07, 6.45) is 0.643. The third-order valence-corrected chi connectivity index (χ3v) is 7.82. The molecule has 0 bridgehead atoms. The van der Waals surface area contributed by atoms with Crippen LogP contribution < -0.4 is 10.3 Å². The molecule has 4 aromatic rings. The predicted octanol–water partition coefficient (Wildman–Crippen LogP) is 5.10. The van der Waals surface area contributed by atoms with E-state index in [0.717, 1.165) is 23.2 Å². The Kier molecular flexibility index (Phi) is 9.71. The fourth-order valence-electron chi connectivity index (χ4n) is 4.58. The zero-order chi connectivity index (χ0) is 26.9. The summed E-state index contributed by atoms with van der Waals surface area (Å²) in [5, 5.41) is 6.51. The van der Waals surface area contributed by atoms with E-state index in [-0.39, 0.29) is 6.04 Å². The van der Waals surface area contributed by atoms with Gasteiger partial charge in [0.15, 0.2) is 11.1 Å². The van der Waals surface area contributed by atoms with E-state index >= 15 is 0 Å². The summed E-state index contributed by atoms with van der Waals surface area (Å²) in [6, 6.07) is 32.4. The average Bonchev–Trinajstić information content (AvgIpc) is 3.31. The van der Waals surface area contributed by atoms with Gasteiger partial charge in [-0.2, -0.15) is 5.53 Å². The van der Waals surface area contributed by atoms with Crippen molar-refractivity contribution in [3.05, 3.63) is 108 Å². The van der Waals surface area contributed by atoms with Crippen LogP contribution in [0, 0.1) is 0 Å². The maximum Gasteiger partial charge on any atom is 0.189 e. The fraction of sp³-hybridized carbons (Fsp3) is 0.290. The molecule has 4 aromatic carbocycles. The van der Waals surface area contributed by atoms with Gasteiger partial charge in [-0.15, -0.1) is 0 Å². The molecule has 8 heteroatoms. The fourth-order valence-corrected chi connectivity index (χ4v) is 5.51. The Morgan fingerprint density at radius 1 is 0.897 bits per heavy atom. The molecule has 204 valence electrons. The first-order valence-electron chi connectivity index (χ1n) is 13.3. The molecule has 1 N–H and O–H groups in total. The molecule has 0 aliphatic carbocycles. The maximum absolute atomic E-state index is 13.0. The second-order valence-electron chi connectivity index (χ2n) is 9.62. The van der Waals surface area contributed by atoms with Crippen LogP contribution in [0.15, 0.2) is 102 Å². The van der Waals surface area contributed by atoms with Crippen molar-refractivity contribution in [1.82, 2.24) is 15.6 Å². The van der Waals surface area contributed by atoms with Gasteiger partial charge < -0.3 is 9.47 Å². The monoisotopic (exact) mass is 545 g/mol. The molecule has 2 unspecified atom stereocenters. The van der Waals surface area contributed by atoms with Crippen LogP contribution >= 0.6 is 0 Å². The molecule has 0 saturated carbocycles. The number of likely N-dealkylation sites (N-methyl/N-ethyl adjacent to an activating group) is 1. The van der Waals surface area contributed by atoms with E-state index in [0.29, 0.717) is 44.3 Å². The van der Waals surface area contributed by atoms with Crippen LogP contribution in [0.3, 0.4) is 0 Å². The van der Waals surface area contributed by atoms with Crippen LogP contribution in [-0.2, 0) is 33.2 Å². The molecule has 0 spiro atoms. The maximum atomic E-state index is 13.0. The average molecular weight is 546 g/mol. The molecule has 1 heterocycles. The Morgan fingerprint density at radius 2 is 1.67 bits per heavy atom. The highest BCUT2D eigenvalue weighted by atomic mass is 32.2. The summed E-state index contributed by atoms with van der Waals surface area (Å²) >= 11 is -1.55. The third kappa shape index (κ3) is 7.73. The van der Waals surface area contributed by atoms with Gasteiger partial charge >= 0.3 is 0 Å². The van der Waals surface area contributed by atoms with Gasteiger partial charge in [-0.1, -0.05) is 78.9 Å². The number of ether oxygens (including phenoxy) is 2. The highest BCUT2D eigenvalue weighted by molar-refractivity contribution is 7.80. The summed E-state index contributed by atoms with van der Waals surface area (Å²) in [6.45, 7) is 3.45. The molecule has 1 aliphatic heterocycles. The number of fused-ring (bicyclic) bond motifs is 1. The number of hydrogen-bond acceptors (Lipinski definition) is 7. The van der Waals surface area contributed by atoms with E-state index in [4.69, 9.17) is 13.7 Å². The Bertz CT molecular complexity index is 1370. The van der Waals surface area contributed by atoms with E-state index < -0.39 is 11.1 Å². The molecule has 1 aliphatic rings. The molecule has 2 atom stereocenters. The minimum atomic E-state index is -1.55. The molecule has 5 rings (SSSR count). The van der Waals surface area contributed by atoms with E-state index in [2.05, 4.69) is 45.9 Å². The van der Waals surface area contributed by atoms with Crippen molar-refractivity contribution in [3.63, 3.8) is 0 Å². The Labute approximate surface area is 232 Å². The van der Waals surface area contributed by atoms with Gasteiger partial charge in [0.1, 0.15) is 5.75 Å². The summed E-state index contributed by atoms with van der Waals surface area (Å²) in [7, 11) is 2.02. The van der Waals surface area contributed by atoms with Gasteiger partial charge in [0.2, 0.25) is 0 Å². The van der Waals surface area contributed by atoms with E-state index in [1.165, 1.54) is 10.9 Å². The largest absolute Gasteiger partial charge is 0.493 e. The normalized spacial score (nSPS) is 17.0. The summed E-state index contributed by atoms with van der Waals surface area (Å²) in [5.41, 5.74) is 5.52. The number of hydrazine groups is 2. The molecule has 7 nitrogen and oxygen atoms in total. The van der Waals surface area contributed by atoms with Gasteiger partial charge in [-0.05, 0) is 40.1 Å². The lowest BCUT2D eigenvalue weighted by Gasteiger charge is -2.19. The van der Waals surface area contributed by atoms with Crippen LogP contribution in [0.5, 0.6) is 5.75 Å². The van der Waals surface area contributed by atoms with Crippen molar-refractivity contribution >= 4 is 21.9 Å². The Morgan fingerprint density at radius 3 is 2.54 bits per heavy atom. The predicted molar refractivity (Wildman–Crippen MR) is 154 cm³/mol.